The zero-order valence-corrected chi connectivity index (χ0v) is 17.5. The van der Waals surface area contributed by atoms with Gasteiger partial charge in [0.2, 0.25) is 0 Å². The lowest BCUT2D eigenvalue weighted by Gasteiger charge is -2.27. The summed E-state index contributed by atoms with van der Waals surface area (Å²) in [7, 11) is 7.39. The number of ether oxygens (including phenoxy) is 3. The largest absolute Gasteiger partial charge is 0.493 e. The first-order valence-corrected chi connectivity index (χ1v) is 9.86. The number of methoxy groups -OCH3 is 2. The number of benzene rings is 2. The van der Waals surface area contributed by atoms with Gasteiger partial charge in [0.15, 0.2) is 17.1 Å². The van der Waals surface area contributed by atoms with Crippen molar-refractivity contribution in [1.82, 2.24) is 10.4 Å². The second-order valence-corrected chi connectivity index (χ2v) is 7.64. The molecule has 0 amide bonds. The van der Waals surface area contributed by atoms with Crippen LogP contribution in [0.2, 0.25) is 0 Å². The number of nitrogens with zero attached hydrogens (tertiary/aromatic N) is 1. The molecule has 29 heavy (non-hydrogen) atoms. The van der Waals surface area contributed by atoms with Crippen LogP contribution in [0, 0.1) is 0 Å². The molecule has 2 aliphatic rings. The van der Waals surface area contributed by atoms with Crippen molar-refractivity contribution in [2.75, 3.05) is 41.5 Å². The van der Waals surface area contributed by atoms with E-state index in [4.69, 9.17) is 19.0 Å². The Bertz CT molecular complexity index is 911. The highest BCUT2D eigenvalue weighted by molar-refractivity contribution is 5.82. The molecule has 1 aliphatic heterocycles. The molecule has 1 aliphatic carbocycles. The van der Waals surface area contributed by atoms with Crippen LogP contribution in [0.15, 0.2) is 48.0 Å². The molecule has 6 nitrogen and oxygen atoms in total. The number of hydrogen-bond donors (Lipinski definition) is 1. The van der Waals surface area contributed by atoms with E-state index in [0.717, 1.165) is 42.0 Å². The van der Waals surface area contributed by atoms with Gasteiger partial charge in [-0.25, -0.2) is 0 Å². The predicted molar refractivity (Wildman–Crippen MR) is 112 cm³/mol. The molecule has 1 unspecified atom stereocenters. The standard InChI is InChI=1S/C23H28N2O4/c1-25(2)11-8-12-28-24-22-17-13-20(26-3)21(27-4)14-19(17)29-23(15-18(22)23)16-9-6-5-7-10-16/h5-7,9-10,13-14,24H,8,11-12,15H2,1-4H3. The van der Waals surface area contributed by atoms with Crippen molar-refractivity contribution < 1.29 is 19.0 Å². The van der Waals surface area contributed by atoms with Crippen LogP contribution in [0.25, 0.3) is 5.70 Å². The highest BCUT2D eigenvalue weighted by Gasteiger charge is 2.58. The van der Waals surface area contributed by atoms with Crippen LogP contribution in [-0.2, 0) is 10.4 Å². The molecule has 2 aromatic carbocycles. The second-order valence-electron chi connectivity index (χ2n) is 7.64. The van der Waals surface area contributed by atoms with E-state index in [1.807, 2.05) is 30.3 Å². The number of nitrogens with one attached hydrogen (secondary N) is 1. The van der Waals surface area contributed by atoms with Gasteiger partial charge in [-0.2, -0.15) is 0 Å². The number of hydrogen-bond acceptors (Lipinski definition) is 6. The van der Waals surface area contributed by atoms with E-state index >= 15 is 0 Å². The van der Waals surface area contributed by atoms with Gasteiger partial charge in [0.05, 0.1) is 26.5 Å². The first-order chi connectivity index (χ1) is 14.1. The third-order valence-electron chi connectivity index (χ3n) is 5.40. The fourth-order valence-corrected chi connectivity index (χ4v) is 3.82. The van der Waals surface area contributed by atoms with Gasteiger partial charge in [-0.15, -0.1) is 0 Å². The number of fused-ring (bicyclic) bond motifs is 2. The molecule has 1 fully saturated rings. The SMILES string of the molecule is COc1cc2c(cc1OC)C(NOCCCN(C)C)=C1CC1(c1ccccc1)O2. The minimum absolute atomic E-state index is 0.441. The van der Waals surface area contributed by atoms with E-state index in [0.29, 0.717) is 18.1 Å². The van der Waals surface area contributed by atoms with Gasteiger partial charge >= 0.3 is 0 Å². The van der Waals surface area contributed by atoms with Crippen molar-refractivity contribution in [3.05, 3.63) is 59.2 Å². The second kappa shape index (κ2) is 7.97. The van der Waals surface area contributed by atoms with Gasteiger partial charge in [-0.1, -0.05) is 30.3 Å². The highest BCUT2D eigenvalue weighted by Crippen LogP contribution is 2.61. The summed E-state index contributed by atoms with van der Waals surface area (Å²) in [6, 6.07) is 14.1. The van der Waals surface area contributed by atoms with Crippen molar-refractivity contribution in [1.29, 1.82) is 0 Å². The van der Waals surface area contributed by atoms with Crippen molar-refractivity contribution in [3.63, 3.8) is 0 Å². The fraction of sp³-hybridized carbons (Fsp3) is 0.391. The average Bonchev–Trinajstić information content (AvgIpc) is 3.47. The summed E-state index contributed by atoms with van der Waals surface area (Å²) in [6.45, 7) is 1.60. The Labute approximate surface area is 172 Å². The van der Waals surface area contributed by atoms with Gasteiger partial charge in [0.25, 0.3) is 0 Å². The molecule has 6 heteroatoms. The van der Waals surface area contributed by atoms with E-state index in [1.165, 1.54) is 5.57 Å². The van der Waals surface area contributed by atoms with Gasteiger partial charge in [-0.3, -0.25) is 10.3 Å². The minimum Gasteiger partial charge on any atom is -0.493 e. The minimum atomic E-state index is -0.441. The quantitative estimate of drug-likeness (QED) is 0.517. The molecule has 0 radical (unpaired) electrons. The zero-order chi connectivity index (χ0) is 20.4. The van der Waals surface area contributed by atoms with E-state index in [-0.39, 0.29) is 0 Å². The van der Waals surface area contributed by atoms with Gasteiger partial charge < -0.3 is 19.1 Å². The molecular weight excluding hydrogens is 368 g/mol. The van der Waals surface area contributed by atoms with Crippen LogP contribution in [0.1, 0.15) is 24.0 Å². The fourth-order valence-electron chi connectivity index (χ4n) is 3.82. The van der Waals surface area contributed by atoms with E-state index in [1.54, 1.807) is 14.2 Å². The molecule has 1 heterocycles. The molecule has 0 spiro atoms. The van der Waals surface area contributed by atoms with Crippen LogP contribution in [0.4, 0.5) is 0 Å². The third-order valence-corrected chi connectivity index (χ3v) is 5.40. The smallest absolute Gasteiger partial charge is 0.164 e. The molecule has 2 aromatic rings. The van der Waals surface area contributed by atoms with Crippen LogP contribution in [0.3, 0.4) is 0 Å². The third kappa shape index (κ3) is 3.66. The summed E-state index contributed by atoms with van der Waals surface area (Å²) in [6.07, 6.45) is 1.77. The Hall–Kier alpha value is -2.70. The summed E-state index contributed by atoms with van der Waals surface area (Å²) >= 11 is 0. The maximum absolute atomic E-state index is 6.52. The van der Waals surface area contributed by atoms with Crippen molar-refractivity contribution in [2.45, 2.75) is 18.4 Å². The van der Waals surface area contributed by atoms with Crippen LogP contribution >= 0.6 is 0 Å². The maximum Gasteiger partial charge on any atom is 0.164 e. The first kappa shape index (κ1) is 19.6. The van der Waals surface area contributed by atoms with Crippen molar-refractivity contribution in [3.8, 4) is 17.2 Å². The molecule has 1 atom stereocenters. The molecule has 0 bridgehead atoms. The van der Waals surface area contributed by atoms with E-state index in [2.05, 4.69) is 36.6 Å². The van der Waals surface area contributed by atoms with Crippen molar-refractivity contribution in [2.24, 2.45) is 0 Å². The molecule has 0 aromatic heterocycles. The topological polar surface area (TPSA) is 52.2 Å². The molecular formula is C23H28N2O4. The first-order valence-electron chi connectivity index (χ1n) is 9.86. The van der Waals surface area contributed by atoms with Gasteiger partial charge in [0, 0.05) is 29.2 Å². The number of rotatable bonds is 9. The summed E-state index contributed by atoms with van der Waals surface area (Å²) in [5, 5.41) is 0. The highest BCUT2D eigenvalue weighted by atomic mass is 16.6. The lowest BCUT2D eigenvalue weighted by Crippen LogP contribution is -2.25. The average molecular weight is 396 g/mol. The van der Waals surface area contributed by atoms with Gasteiger partial charge in [-0.05, 0) is 33.1 Å². The Kier molecular flexibility index (Phi) is 5.39. The van der Waals surface area contributed by atoms with Crippen LogP contribution in [-0.4, -0.2) is 46.4 Å². The van der Waals surface area contributed by atoms with Crippen LogP contribution in [0.5, 0.6) is 17.2 Å². The van der Waals surface area contributed by atoms with E-state index in [9.17, 15) is 0 Å². The maximum atomic E-state index is 6.52. The Morgan fingerprint density at radius 1 is 1.07 bits per heavy atom. The summed E-state index contributed by atoms with van der Waals surface area (Å²) in [5.74, 6) is 2.06. The van der Waals surface area contributed by atoms with E-state index < -0.39 is 5.60 Å². The zero-order valence-electron chi connectivity index (χ0n) is 17.5. The molecule has 1 N–H and O–H groups in total. The molecule has 1 saturated carbocycles. The molecule has 154 valence electrons. The number of hydroxylamine groups is 1. The molecule has 4 rings (SSSR count). The predicted octanol–water partition coefficient (Wildman–Crippen LogP) is 3.58. The Morgan fingerprint density at radius 2 is 1.79 bits per heavy atom. The summed E-state index contributed by atoms with van der Waals surface area (Å²) < 4.78 is 17.5. The lowest BCUT2D eigenvalue weighted by molar-refractivity contribution is 0.0707. The molecule has 0 saturated heterocycles. The monoisotopic (exact) mass is 396 g/mol. The Morgan fingerprint density at radius 3 is 2.48 bits per heavy atom. The Balaban J connectivity index is 1.66. The van der Waals surface area contributed by atoms with Crippen molar-refractivity contribution >= 4 is 5.70 Å². The lowest BCUT2D eigenvalue weighted by atomic mass is 10.0. The van der Waals surface area contributed by atoms with Crippen LogP contribution < -0.4 is 19.7 Å². The summed E-state index contributed by atoms with van der Waals surface area (Å²) in [4.78, 5) is 7.97. The normalized spacial score (nSPS) is 19.3. The van der Waals surface area contributed by atoms with Gasteiger partial charge in [0.1, 0.15) is 5.75 Å². The summed E-state index contributed by atoms with van der Waals surface area (Å²) in [5.41, 5.74) is 6.99.